The van der Waals surface area contributed by atoms with E-state index in [1.54, 1.807) is 20.9 Å². The Hall–Kier alpha value is -3.88. The van der Waals surface area contributed by atoms with Gasteiger partial charge in [-0.2, -0.15) is 5.26 Å². The van der Waals surface area contributed by atoms with Gasteiger partial charge in [0.15, 0.2) is 5.65 Å². The number of hydrogen-bond donors (Lipinski definition) is 0. The molecule has 0 aliphatic carbocycles. The highest BCUT2D eigenvalue weighted by molar-refractivity contribution is 5.95. The Kier molecular flexibility index (Phi) is 7.76. The number of nitrogens with zero attached hydrogens (tertiary/aromatic N) is 8. The molecular weight excluding hydrogens is 488 g/mol. The number of carbonyl (C=O) groups is 3. The number of likely N-dealkylation sites (N-methyl/N-ethyl adjacent to an activating group) is 1. The lowest BCUT2D eigenvalue weighted by molar-refractivity contribution is -0.131. The van der Waals surface area contributed by atoms with Crippen molar-refractivity contribution >= 4 is 34.9 Å². The Bertz CT molecular complexity index is 1240. The number of aromatic nitrogens is 3. The highest BCUT2D eigenvalue weighted by Crippen LogP contribution is 2.30. The second kappa shape index (κ2) is 10.8. The summed E-state index contributed by atoms with van der Waals surface area (Å²) in [7, 11) is 1.94. The number of nitriles is 1. The van der Waals surface area contributed by atoms with Gasteiger partial charge in [-0.25, -0.2) is 19.6 Å². The van der Waals surface area contributed by atoms with Gasteiger partial charge < -0.3 is 24.3 Å². The predicted molar refractivity (Wildman–Crippen MR) is 140 cm³/mol. The van der Waals surface area contributed by atoms with Crippen LogP contribution >= 0.6 is 0 Å². The molecule has 0 aromatic carbocycles. The van der Waals surface area contributed by atoms with Gasteiger partial charge in [-0.15, -0.1) is 0 Å². The third kappa shape index (κ3) is 5.66. The molecule has 0 unspecified atom stereocenters. The fourth-order valence-corrected chi connectivity index (χ4v) is 5.05. The Labute approximate surface area is 222 Å². The van der Waals surface area contributed by atoms with E-state index in [0.717, 1.165) is 11.8 Å². The van der Waals surface area contributed by atoms with Gasteiger partial charge in [0.25, 0.3) is 0 Å². The minimum Gasteiger partial charge on any atom is -0.444 e. The third-order valence-corrected chi connectivity index (χ3v) is 7.20. The van der Waals surface area contributed by atoms with Crippen molar-refractivity contribution in [3.63, 3.8) is 0 Å². The molecule has 2 saturated heterocycles. The SMILES string of the molecule is C[C@@H]1CCN(C(=O)CC#N)C[C@@H]1N(C)c1ncnc2c1ccn2C(=O)N1CCN(C(=O)OC(C)(C)C)CC1. The maximum atomic E-state index is 13.4. The Morgan fingerprint density at radius 1 is 1.11 bits per heavy atom. The average Bonchev–Trinajstić information content (AvgIpc) is 3.32. The number of amides is 3. The first kappa shape index (κ1) is 27.2. The number of hydrogen-bond acceptors (Lipinski definition) is 8. The lowest BCUT2D eigenvalue weighted by atomic mass is 9.92. The number of fused-ring (bicyclic) bond motifs is 1. The molecule has 2 aliphatic heterocycles. The first-order valence-electron chi connectivity index (χ1n) is 13.0. The van der Waals surface area contributed by atoms with Crippen molar-refractivity contribution in [1.82, 2.24) is 29.2 Å². The highest BCUT2D eigenvalue weighted by Gasteiger charge is 2.33. The smallest absolute Gasteiger partial charge is 0.410 e. The molecular formula is C26H36N8O4. The lowest BCUT2D eigenvalue weighted by Gasteiger charge is -2.42. The summed E-state index contributed by atoms with van der Waals surface area (Å²) < 4.78 is 6.97. The fourth-order valence-electron chi connectivity index (χ4n) is 5.05. The zero-order valence-corrected chi connectivity index (χ0v) is 22.8. The zero-order chi connectivity index (χ0) is 27.6. The van der Waals surface area contributed by atoms with Gasteiger partial charge in [0, 0.05) is 52.5 Å². The van der Waals surface area contributed by atoms with E-state index in [4.69, 9.17) is 10.00 Å². The molecule has 0 bridgehead atoms. The van der Waals surface area contributed by atoms with E-state index in [1.165, 1.54) is 10.9 Å². The monoisotopic (exact) mass is 524 g/mol. The molecule has 2 aliphatic rings. The Morgan fingerprint density at radius 3 is 2.45 bits per heavy atom. The van der Waals surface area contributed by atoms with Crippen LogP contribution in [0.3, 0.4) is 0 Å². The summed E-state index contributed by atoms with van der Waals surface area (Å²) in [5, 5.41) is 9.67. The lowest BCUT2D eigenvalue weighted by Crippen LogP contribution is -2.52. The van der Waals surface area contributed by atoms with E-state index in [1.807, 2.05) is 40.0 Å². The molecule has 2 atom stereocenters. The minimum atomic E-state index is -0.571. The molecule has 0 N–H and O–H groups in total. The molecule has 12 heteroatoms. The molecule has 12 nitrogen and oxygen atoms in total. The summed E-state index contributed by atoms with van der Waals surface area (Å²) >= 11 is 0. The zero-order valence-electron chi connectivity index (χ0n) is 22.8. The molecule has 2 aromatic heterocycles. The minimum absolute atomic E-state index is 0.00414. The van der Waals surface area contributed by atoms with Crippen LogP contribution in [0.2, 0.25) is 0 Å². The van der Waals surface area contributed by atoms with Crippen molar-refractivity contribution in [3.8, 4) is 6.07 Å². The number of carbonyl (C=O) groups excluding carboxylic acids is 3. The van der Waals surface area contributed by atoms with Gasteiger partial charge in [0.1, 0.15) is 24.2 Å². The number of ether oxygens (including phenoxy) is 1. The van der Waals surface area contributed by atoms with Gasteiger partial charge in [0.2, 0.25) is 5.91 Å². The standard InChI is InChI=1S/C26H36N8O4/c1-18-7-10-33(21(35)6-9-27)16-20(18)30(5)22-19-8-11-34(23(19)29-17-28-22)24(36)31-12-14-32(15-13-31)25(37)38-26(2,3)4/h8,11,17-18,20H,6-7,10,12-16H2,1-5H3/t18-,20+/m1/s1. The topological polar surface area (TPSA) is 128 Å². The molecule has 2 aromatic rings. The second-order valence-corrected chi connectivity index (χ2v) is 11.0. The van der Waals surface area contributed by atoms with Crippen LogP contribution in [0.25, 0.3) is 11.0 Å². The van der Waals surface area contributed by atoms with Gasteiger partial charge in [-0.1, -0.05) is 6.92 Å². The van der Waals surface area contributed by atoms with Gasteiger partial charge >= 0.3 is 12.1 Å². The van der Waals surface area contributed by atoms with E-state index < -0.39 is 5.60 Å². The van der Waals surface area contributed by atoms with Crippen LogP contribution in [0.5, 0.6) is 0 Å². The number of anilines is 1. The summed E-state index contributed by atoms with van der Waals surface area (Å²) in [4.78, 5) is 54.2. The van der Waals surface area contributed by atoms with E-state index >= 15 is 0 Å². The molecule has 4 rings (SSSR count). The van der Waals surface area contributed by atoms with Crippen LogP contribution in [0.4, 0.5) is 15.4 Å². The van der Waals surface area contributed by atoms with Crippen molar-refractivity contribution in [2.24, 2.45) is 5.92 Å². The predicted octanol–water partition coefficient (Wildman–Crippen LogP) is 2.54. The molecule has 0 spiro atoms. The van der Waals surface area contributed by atoms with Crippen LogP contribution in [0, 0.1) is 17.2 Å². The van der Waals surface area contributed by atoms with E-state index in [-0.39, 0.29) is 30.5 Å². The van der Waals surface area contributed by atoms with Gasteiger partial charge in [-0.05, 0) is 39.2 Å². The van der Waals surface area contributed by atoms with Crippen molar-refractivity contribution in [2.45, 2.75) is 52.2 Å². The maximum Gasteiger partial charge on any atom is 0.410 e. The largest absolute Gasteiger partial charge is 0.444 e. The van der Waals surface area contributed by atoms with Crippen LogP contribution < -0.4 is 4.90 Å². The molecule has 4 heterocycles. The van der Waals surface area contributed by atoms with Crippen molar-refractivity contribution < 1.29 is 19.1 Å². The van der Waals surface area contributed by atoms with Crippen molar-refractivity contribution in [1.29, 1.82) is 5.26 Å². The summed E-state index contributed by atoms with van der Waals surface area (Å²) in [5.41, 5.74) is -0.0688. The van der Waals surface area contributed by atoms with E-state index in [9.17, 15) is 14.4 Å². The Balaban J connectivity index is 1.49. The number of likely N-dealkylation sites (tertiary alicyclic amines) is 1. The van der Waals surface area contributed by atoms with Gasteiger partial charge in [0.05, 0.1) is 17.5 Å². The van der Waals surface area contributed by atoms with Crippen LogP contribution in [-0.2, 0) is 9.53 Å². The normalized spacial score (nSPS) is 20.3. The molecule has 3 amide bonds. The summed E-state index contributed by atoms with van der Waals surface area (Å²) in [6, 6.07) is 3.57. The molecule has 0 radical (unpaired) electrons. The fraction of sp³-hybridized carbons (Fsp3) is 0.615. The van der Waals surface area contributed by atoms with Gasteiger partial charge in [-0.3, -0.25) is 9.36 Å². The molecule has 0 saturated carbocycles. The number of rotatable bonds is 3. The van der Waals surface area contributed by atoms with Crippen LogP contribution in [0.15, 0.2) is 18.6 Å². The summed E-state index contributed by atoms with van der Waals surface area (Å²) in [6.45, 7) is 10.3. The molecule has 2 fully saturated rings. The van der Waals surface area contributed by atoms with Crippen LogP contribution in [0.1, 0.15) is 40.5 Å². The number of piperazine rings is 1. The van der Waals surface area contributed by atoms with Crippen molar-refractivity contribution in [2.75, 3.05) is 51.2 Å². The third-order valence-electron chi connectivity index (χ3n) is 7.20. The first-order valence-corrected chi connectivity index (χ1v) is 13.0. The maximum absolute atomic E-state index is 13.4. The average molecular weight is 525 g/mol. The van der Waals surface area contributed by atoms with Crippen LogP contribution in [-0.4, -0.2) is 105 Å². The second-order valence-electron chi connectivity index (χ2n) is 11.0. The quantitative estimate of drug-likeness (QED) is 0.599. The first-order chi connectivity index (χ1) is 18.0. The molecule has 204 valence electrons. The number of piperidine rings is 1. The summed E-state index contributed by atoms with van der Waals surface area (Å²) in [6.07, 6.45) is 3.48. The van der Waals surface area contributed by atoms with Crippen molar-refractivity contribution in [3.05, 3.63) is 18.6 Å². The van der Waals surface area contributed by atoms with E-state index in [0.29, 0.717) is 56.7 Å². The molecule has 38 heavy (non-hydrogen) atoms. The van der Waals surface area contributed by atoms with E-state index in [2.05, 4.69) is 21.8 Å². The summed E-state index contributed by atoms with van der Waals surface area (Å²) in [5.74, 6) is 0.831. The Morgan fingerprint density at radius 2 is 1.79 bits per heavy atom. The highest BCUT2D eigenvalue weighted by atomic mass is 16.6.